The van der Waals surface area contributed by atoms with E-state index < -0.39 is 5.60 Å². The van der Waals surface area contributed by atoms with E-state index in [1.165, 1.54) is 24.3 Å². The van der Waals surface area contributed by atoms with Crippen LogP contribution in [-0.2, 0) is 17.9 Å². The summed E-state index contributed by atoms with van der Waals surface area (Å²) in [5.41, 5.74) is 0.0859. The summed E-state index contributed by atoms with van der Waals surface area (Å²) in [5.74, 6) is -0.973. The highest BCUT2D eigenvalue weighted by Gasteiger charge is 2.41. The Balaban J connectivity index is 1.59. The summed E-state index contributed by atoms with van der Waals surface area (Å²) in [6.45, 7) is 1.36. The van der Waals surface area contributed by atoms with Gasteiger partial charge in [-0.3, -0.25) is 4.79 Å². The highest BCUT2D eigenvalue weighted by molar-refractivity contribution is 5.86. The quantitative estimate of drug-likeness (QED) is 0.833. The lowest BCUT2D eigenvalue weighted by Crippen LogP contribution is -2.57. The van der Waals surface area contributed by atoms with Crippen LogP contribution in [0.5, 0.6) is 0 Å². The first-order chi connectivity index (χ1) is 12.5. The number of rotatable bonds is 6. The molecular formula is C20H22F2N2O2. The zero-order valence-electron chi connectivity index (χ0n) is 14.4. The van der Waals surface area contributed by atoms with Gasteiger partial charge in [-0.2, -0.15) is 0 Å². The Bertz CT molecular complexity index is 767. The molecule has 0 aliphatic carbocycles. The molecule has 2 N–H and O–H groups in total. The van der Waals surface area contributed by atoms with Crippen molar-refractivity contribution in [2.45, 2.75) is 31.5 Å². The molecule has 0 bridgehead atoms. The summed E-state index contributed by atoms with van der Waals surface area (Å²) in [7, 11) is 0. The summed E-state index contributed by atoms with van der Waals surface area (Å²) in [6.07, 6.45) is 1.06. The Morgan fingerprint density at radius 1 is 1.08 bits per heavy atom. The van der Waals surface area contributed by atoms with Crippen LogP contribution in [0.3, 0.4) is 0 Å². The molecule has 0 spiro atoms. The van der Waals surface area contributed by atoms with Gasteiger partial charge in [-0.15, -0.1) is 0 Å². The van der Waals surface area contributed by atoms with E-state index in [1.54, 1.807) is 29.2 Å². The van der Waals surface area contributed by atoms with Crippen molar-refractivity contribution >= 4 is 5.91 Å². The van der Waals surface area contributed by atoms with Crippen LogP contribution in [0.25, 0.3) is 0 Å². The Morgan fingerprint density at radius 3 is 2.58 bits per heavy atom. The standard InChI is InChI=1S/C20H22F2N2O2/c21-17-7-5-15(6-8-17)13-24-10-2-9-20(26,19(24)25)14-23-12-16-3-1-4-18(22)11-16/h1,3-8,11,23,26H,2,9-10,12-14H2/t20-/m1/s1. The molecule has 1 amide bonds. The smallest absolute Gasteiger partial charge is 0.256 e. The highest BCUT2D eigenvalue weighted by Crippen LogP contribution is 2.24. The Hall–Kier alpha value is -2.31. The average molecular weight is 360 g/mol. The maximum Gasteiger partial charge on any atom is 0.256 e. The molecular weight excluding hydrogens is 338 g/mol. The van der Waals surface area contributed by atoms with E-state index in [2.05, 4.69) is 5.32 Å². The van der Waals surface area contributed by atoms with Crippen molar-refractivity contribution in [1.82, 2.24) is 10.2 Å². The number of nitrogens with one attached hydrogen (secondary N) is 1. The van der Waals surface area contributed by atoms with Crippen LogP contribution in [0.2, 0.25) is 0 Å². The first-order valence-corrected chi connectivity index (χ1v) is 8.68. The third-order valence-electron chi connectivity index (χ3n) is 4.63. The molecule has 2 aromatic carbocycles. The van der Waals surface area contributed by atoms with Crippen LogP contribution in [0.1, 0.15) is 24.0 Å². The van der Waals surface area contributed by atoms with E-state index in [1.807, 2.05) is 0 Å². The van der Waals surface area contributed by atoms with Crippen molar-refractivity contribution in [3.8, 4) is 0 Å². The van der Waals surface area contributed by atoms with E-state index in [0.29, 0.717) is 32.5 Å². The lowest BCUT2D eigenvalue weighted by Gasteiger charge is -2.38. The number of carbonyl (C=O) groups excluding carboxylic acids is 1. The summed E-state index contributed by atoms with van der Waals surface area (Å²) in [4.78, 5) is 14.3. The fourth-order valence-corrected chi connectivity index (χ4v) is 3.25. The van der Waals surface area contributed by atoms with E-state index in [9.17, 15) is 18.7 Å². The molecule has 0 unspecified atom stereocenters. The minimum atomic E-state index is -1.48. The molecule has 1 heterocycles. The zero-order chi connectivity index (χ0) is 18.6. The van der Waals surface area contributed by atoms with Gasteiger partial charge in [0.05, 0.1) is 0 Å². The van der Waals surface area contributed by atoms with Gasteiger partial charge in [-0.25, -0.2) is 8.78 Å². The van der Waals surface area contributed by atoms with Crippen molar-refractivity contribution in [2.24, 2.45) is 0 Å². The van der Waals surface area contributed by atoms with Gasteiger partial charge >= 0.3 is 0 Å². The number of hydrogen-bond donors (Lipinski definition) is 2. The maximum absolute atomic E-state index is 13.2. The van der Waals surface area contributed by atoms with Crippen LogP contribution in [-0.4, -0.2) is 34.6 Å². The van der Waals surface area contributed by atoms with Crippen LogP contribution in [0.15, 0.2) is 48.5 Å². The molecule has 1 aliphatic rings. The average Bonchev–Trinajstić information content (AvgIpc) is 2.61. The van der Waals surface area contributed by atoms with Gasteiger partial charge in [0.2, 0.25) is 0 Å². The van der Waals surface area contributed by atoms with Crippen molar-refractivity contribution in [3.05, 3.63) is 71.3 Å². The second-order valence-electron chi connectivity index (χ2n) is 6.72. The zero-order valence-corrected chi connectivity index (χ0v) is 14.4. The third kappa shape index (κ3) is 4.45. The van der Waals surface area contributed by atoms with E-state index in [0.717, 1.165) is 11.1 Å². The summed E-state index contributed by atoms with van der Waals surface area (Å²) < 4.78 is 26.2. The van der Waals surface area contributed by atoms with Crippen LogP contribution in [0.4, 0.5) is 8.78 Å². The summed E-state index contributed by atoms with van der Waals surface area (Å²) in [5, 5.41) is 13.8. The van der Waals surface area contributed by atoms with Gasteiger partial charge in [0.25, 0.3) is 5.91 Å². The molecule has 1 fully saturated rings. The first-order valence-electron chi connectivity index (χ1n) is 8.68. The topological polar surface area (TPSA) is 52.6 Å². The fraction of sp³-hybridized carbons (Fsp3) is 0.350. The molecule has 3 rings (SSSR count). The van der Waals surface area contributed by atoms with Crippen molar-refractivity contribution in [1.29, 1.82) is 0 Å². The monoisotopic (exact) mass is 360 g/mol. The molecule has 138 valence electrons. The summed E-state index contributed by atoms with van der Waals surface area (Å²) >= 11 is 0. The Kier molecular flexibility index (Phi) is 5.64. The lowest BCUT2D eigenvalue weighted by molar-refractivity contribution is -0.157. The Morgan fingerprint density at radius 2 is 1.85 bits per heavy atom. The van der Waals surface area contributed by atoms with E-state index in [-0.39, 0.29) is 24.1 Å². The van der Waals surface area contributed by atoms with E-state index in [4.69, 9.17) is 0 Å². The minimum absolute atomic E-state index is 0.0995. The number of amides is 1. The lowest BCUT2D eigenvalue weighted by atomic mass is 9.91. The second kappa shape index (κ2) is 7.93. The number of carbonyl (C=O) groups is 1. The number of hydrogen-bond acceptors (Lipinski definition) is 3. The second-order valence-corrected chi connectivity index (χ2v) is 6.72. The molecule has 26 heavy (non-hydrogen) atoms. The molecule has 1 atom stereocenters. The van der Waals surface area contributed by atoms with Crippen molar-refractivity contribution in [2.75, 3.05) is 13.1 Å². The van der Waals surface area contributed by atoms with Gasteiger partial charge in [-0.05, 0) is 48.2 Å². The van der Waals surface area contributed by atoms with Gasteiger partial charge in [-0.1, -0.05) is 24.3 Å². The minimum Gasteiger partial charge on any atom is -0.379 e. The van der Waals surface area contributed by atoms with Gasteiger partial charge in [0.15, 0.2) is 5.60 Å². The number of benzene rings is 2. The molecule has 1 aliphatic heterocycles. The number of piperidine rings is 1. The molecule has 1 saturated heterocycles. The molecule has 0 aromatic heterocycles. The number of aliphatic hydroxyl groups is 1. The SMILES string of the molecule is O=C1N(Cc2ccc(F)cc2)CCC[C@@]1(O)CNCc1cccc(F)c1. The predicted molar refractivity (Wildman–Crippen MR) is 94.1 cm³/mol. The van der Waals surface area contributed by atoms with Crippen LogP contribution < -0.4 is 5.32 Å². The van der Waals surface area contributed by atoms with Gasteiger partial charge < -0.3 is 15.3 Å². The maximum atomic E-state index is 13.2. The largest absolute Gasteiger partial charge is 0.379 e. The van der Waals surface area contributed by atoms with Crippen LogP contribution in [0, 0.1) is 11.6 Å². The molecule has 0 saturated carbocycles. The first kappa shape index (κ1) is 18.5. The van der Waals surface area contributed by atoms with Crippen LogP contribution >= 0.6 is 0 Å². The molecule has 6 heteroatoms. The highest BCUT2D eigenvalue weighted by atomic mass is 19.1. The van der Waals surface area contributed by atoms with Gasteiger partial charge in [0.1, 0.15) is 11.6 Å². The van der Waals surface area contributed by atoms with E-state index >= 15 is 0 Å². The fourth-order valence-electron chi connectivity index (χ4n) is 3.25. The summed E-state index contributed by atoms with van der Waals surface area (Å²) in [6, 6.07) is 12.2. The molecule has 0 radical (unpaired) electrons. The normalized spacial score (nSPS) is 20.4. The number of halogens is 2. The number of likely N-dealkylation sites (tertiary alicyclic amines) is 1. The van der Waals surface area contributed by atoms with Crippen molar-refractivity contribution < 1.29 is 18.7 Å². The third-order valence-corrected chi connectivity index (χ3v) is 4.63. The Labute approximate surface area is 151 Å². The number of nitrogens with zero attached hydrogens (tertiary/aromatic N) is 1. The van der Waals surface area contributed by atoms with Crippen molar-refractivity contribution in [3.63, 3.8) is 0 Å². The molecule has 4 nitrogen and oxygen atoms in total. The predicted octanol–water partition coefficient (Wildman–Crippen LogP) is 2.61. The van der Waals surface area contributed by atoms with Gasteiger partial charge in [0, 0.05) is 26.2 Å². The molecule has 2 aromatic rings.